The Kier molecular flexibility index (Phi) is 3.85. The predicted octanol–water partition coefficient (Wildman–Crippen LogP) is 3.19. The molecule has 1 atom stereocenters. The van der Waals surface area contributed by atoms with Gasteiger partial charge in [-0.15, -0.1) is 5.10 Å². The van der Waals surface area contributed by atoms with Gasteiger partial charge in [0.15, 0.2) is 5.82 Å². The van der Waals surface area contributed by atoms with Crippen LogP contribution in [0.25, 0.3) is 0 Å². The first-order valence-electron chi connectivity index (χ1n) is 8.61. The molecule has 1 aromatic heterocycles. The van der Waals surface area contributed by atoms with Crippen LogP contribution in [-0.2, 0) is 6.42 Å². The summed E-state index contributed by atoms with van der Waals surface area (Å²) in [5.41, 5.74) is 2.66. The van der Waals surface area contributed by atoms with Gasteiger partial charge >= 0.3 is 0 Å². The van der Waals surface area contributed by atoms with Gasteiger partial charge < -0.3 is 9.80 Å². The summed E-state index contributed by atoms with van der Waals surface area (Å²) in [5, 5.41) is 8.52. The van der Waals surface area contributed by atoms with Gasteiger partial charge in [-0.05, 0) is 43.2 Å². The van der Waals surface area contributed by atoms with E-state index < -0.39 is 0 Å². The van der Waals surface area contributed by atoms with Gasteiger partial charge in [-0.25, -0.2) is 0 Å². The van der Waals surface area contributed by atoms with E-state index in [9.17, 15) is 0 Å². The molecule has 5 nitrogen and oxygen atoms in total. The monoisotopic (exact) mass is 309 g/mol. The molecule has 1 fully saturated rings. The van der Waals surface area contributed by atoms with Crippen LogP contribution < -0.4 is 9.80 Å². The van der Waals surface area contributed by atoms with Crippen molar-refractivity contribution in [2.45, 2.75) is 32.6 Å². The Bertz CT molecular complexity index is 687. The highest BCUT2D eigenvalue weighted by Gasteiger charge is 2.22. The number of fused-ring (bicyclic) bond motifs is 1. The van der Waals surface area contributed by atoms with Crippen LogP contribution in [0.3, 0.4) is 0 Å². The standard InChI is InChI=1S/C18H23N5/c1-14-6-4-10-22(13-14)18-20-17(12-19-21-18)23-11-5-8-15-7-2-3-9-16(15)23/h2-3,7,9,12,14H,4-6,8,10-11,13H2,1H3. The summed E-state index contributed by atoms with van der Waals surface area (Å²) < 4.78 is 0. The van der Waals surface area contributed by atoms with Gasteiger partial charge in [-0.1, -0.05) is 25.1 Å². The first kappa shape index (κ1) is 14.4. The number of rotatable bonds is 2. The van der Waals surface area contributed by atoms with Crippen molar-refractivity contribution in [3.8, 4) is 0 Å². The van der Waals surface area contributed by atoms with E-state index in [2.05, 4.69) is 51.2 Å². The van der Waals surface area contributed by atoms with Gasteiger partial charge in [0, 0.05) is 25.3 Å². The van der Waals surface area contributed by atoms with Crippen molar-refractivity contribution in [1.29, 1.82) is 0 Å². The Morgan fingerprint density at radius 3 is 2.96 bits per heavy atom. The van der Waals surface area contributed by atoms with Gasteiger partial charge in [0.25, 0.3) is 0 Å². The van der Waals surface area contributed by atoms with Crippen LogP contribution in [0.2, 0.25) is 0 Å². The Morgan fingerprint density at radius 1 is 1.13 bits per heavy atom. The van der Waals surface area contributed by atoms with Gasteiger partial charge in [0.2, 0.25) is 5.95 Å². The topological polar surface area (TPSA) is 45.2 Å². The van der Waals surface area contributed by atoms with Crippen LogP contribution >= 0.6 is 0 Å². The summed E-state index contributed by atoms with van der Waals surface area (Å²) in [6.07, 6.45) is 6.59. The number of piperidine rings is 1. The van der Waals surface area contributed by atoms with Crippen molar-refractivity contribution in [3.63, 3.8) is 0 Å². The molecule has 0 saturated carbocycles. The number of hydrogen-bond donors (Lipinski definition) is 0. The molecule has 3 heterocycles. The van der Waals surface area contributed by atoms with Crippen LogP contribution in [-0.4, -0.2) is 34.8 Å². The van der Waals surface area contributed by atoms with Gasteiger partial charge in [-0.2, -0.15) is 10.1 Å². The molecule has 0 amide bonds. The van der Waals surface area contributed by atoms with Crippen LogP contribution in [0.4, 0.5) is 17.5 Å². The predicted molar refractivity (Wildman–Crippen MR) is 92.2 cm³/mol. The third-order valence-corrected chi connectivity index (χ3v) is 4.86. The number of benzene rings is 1. The number of hydrogen-bond acceptors (Lipinski definition) is 5. The highest BCUT2D eigenvalue weighted by Crippen LogP contribution is 2.32. The van der Waals surface area contributed by atoms with E-state index in [-0.39, 0.29) is 0 Å². The zero-order valence-electron chi connectivity index (χ0n) is 13.6. The maximum Gasteiger partial charge on any atom is 0.247 e. The lowest BCUT2D eigenvalue weighted by Crippen LogP contribution is -2.36. The second kappa shape index (κ2) is 6.14. The van der Waals surface area contributed by atoms with E-state index >= 15 is 0 Å². The Labute approximate surface area is 137 Å². The molecule has 23 heavy (non-hydrogen) atoms. The van der Waals surface area contributed by atoms with Crippen LogP contribution in [0.15, 0.2) is 30.5 Å². The van der Waals surface area contributed by atoms with Crippen molar-refractivity contribution < 1.29 is 0 Å². The molecule has 0 bridgehead atoms. The average molecular weight is 309 g/mol. The number of anilines is 3. The molecule has 2 aromatic rings. The van der Waals surface area contributed by atoms with Crippen LogP contribution in [0.5, 0.6) is 0 Å². The molecule has 0 spiro atoms. The second-order valence-electron chi connectivity index (χ2n) is 6.69. The van der Waals surface area contributed by atoms with Crippen molar-refractivity contribution in [1.82, 2.24) is 15.2 Å². The molecule has 0 N–H and O–H groups in total. The highest BCUT2D eigenvalue weighted by atomic mass is 15.4. The number of nitrogens with zero attached hydrogens (tertiary/aromatic N) is 5. The normalized spacial score (nSPS) is 21.2. The maximum absolute atomic E-state index is 4.83. The average Bonchev–Trinajstić information content (AvgIpc) is 2.61. The zero-order chi connectivity index (χ0) is 15.6. The molecule has 120 valence electrons. The maximum atomic E-state index is 4.83. The van der Waals surface area contributed by atoms with Gasteiger partial charge in [0.1, 0.15) is 0 Å². The fourth-order valence-electron chi connectivity index (χ4n) is 3.69. The fourth-order valence-corrected chi connectivity index (χ4v) is 3.69. The first-order valence-corrected chi connectivity index (χ1v) is 8.61. The Morgan fingerprint density at radius 2 is 2.04 bits per heavy atom. The summed E-state index contributed by atoms with van der Waals surface area (Å²) in [5.74, 6) is 2.39. The van der Waals surface area contributed by atoms with E-state index in [0.717, 1.165) is 44.2 Å². The van der Waals surface area contributed by atoms with E-state index in [1.807, 2.05) is 0 Å². The third kappa shape index (κ3) is 2.87. The fraction of sp³-hybridized carbons (Fsp3) is 0.500. The van der Waals surface area contributed by atoms with Crippen LogP contribution in [0, 0.1) is 5.92 Å². The lowest BCUT2D eigenvalue weighted by atomic mass is 10.0. The lowest BCUT2D eigenvalue weighted by Gasteiger charge is -2.33. The molecule has 1 unspecified atom stereocenters. The second-order valence-corrected chi connectivity index (χ2v) is 6.69. The molecule has 0 aliphatic carbocycles. The number of para-hydroxylation sites is 1. The first-order chi connectivity index (χ1) is 11.3. The van der Waals surface area contributed by atoms with Gasteiger partial charge in [-0.3, -0.25) is 0 Å². The Hall–Kier alpha value is -2.17. The highest BCUT2D eigenvalue weighted by molar-refractivity contribution is 5.65. The van der Waals surface area contributed by atoms with Crippen molar-refractivity contribution >= 4 is 17.5 Å². The summed E-state index contributed by atoms with van der Waals surface area (Å²) in [7, 11) is 0. The lowest BCUT2D eigenvalue weighted by molar-refractivity contribution is 0.441. The van der Waals surface area contributed by atoms with E-state index in [0.29, 0.717) is 5.92 Å². The summed E-state index contributed by atoms with van der Waals surface area (Å²) in [6, 6.07) is 8.60. The smallest absolute Gasteiger partial charge is 0.247 e. The molecule has 1 aromatic carbocycles. The van der Waals surface area contributed by atoms with Crippen molar-refractivity contribution in [3.05, 3.63) is 36.0 Å². The summed E-state index contributed by atoms with van der Waals surface area (Å²) in [6.45, 7) is 5.35. The van der Waals surface area contributed by atoms with E-state index in [4.69, 9.17) is 4.98 Å². The Balaban J connectivity index is 1.64. The SMILES string of the molecule is CC1CCCN(c2nncc(N3CCCc4ccccc43)n2)C1. The summed E-state index contributed by atoms with van der Waals surface area (Å²) in [4.78, 5) is 9.39. The van der Waals surface area contributed by atoms with Crippen LogP contribution in [0.1, 0.15) is 31.7 Å². The molecular weight excluding hydrogens is 286 g/mol. The molecule has 4 rings (SSSR count). The summed E-state index contributed by atoms with van der Waals surface area (Å²) >= 11 is 0. The minimum Gasteiger partial charge on any atom is -0.339 e. The number of aromatic nitrogens is 3. The number of aryl methyl sites for hydroxylation is 1. The molecular formula is C18H23N5. The van der Waals surface area contributed by atoms with E-state index in [1.165, 1.54) is 24.1 Å². The molecule has 2 aliphatic rings. The van der Waals surface area contributed by atoms with Crippen molar-refractivity contribution in [2.75, 3.05) is 29.4 Å². The molecule has 5 heteroatoms. The van der Waals surface area contributed by atoms with Crippen molar-refractivity contribution in [2.24, 2.45) is 5.92 Å². The molecule has 0 radical (unpaired) electrons. The van der Waals surface area contributed by atoms with Gasteiger partial charge in [0.05, 0.1) is 6.20 Å². The quantitative estimate of drug-likeness (QED) is 0.852. The van der Waals surface area contributed by atoms with E-state index in [1.54, 1.807) is 6.20 Å². The molecule has 2 aliphatic heterocycles. The largest absolute Gasteiger partial charge is 0.339 e. The third-order valence-electron chi connectivity index (χ3n) is 4.86. The zero-order valence-corrected chi connectivity index (χ0v) is 13.6. The minimum atomic E-state index is 0.701. The minimum absolute atomic E-state index is 0.701. The molecule has 1 saturated heterocycles.